The minimum absolute atomic E-state index is 0.155. The van der Waals surface area contributed by atoms with Crippen LogP contribution < -0.4 is 10.2 Å². The van der Waals surface area contributed by atoms with Gasteiger partial charge in [0.1, 0.15) is 24.3 Å². The predicted octanol–water partition coefficient (Wildman–Crippen LogP) is 2.30. The van der Waals surface area contributed by atoms with Gasteiger partial charge < -0.3 is 9.80 Å². The maximum absolute atomic E-state index is 13.6. The number of hydrogen-bond donors (Lipinski definition) is 1. The zero-order valence-corrected chi connectivity index (χ0v) is 18.3. The summed E-state index contributed by atoms with van der Waals surface area (Å²) < 4.78 is 13.5. The Morgan fingerprint density at radius 2 is 1.75 bits per heavy atom. The number of imide groups is 1. The monoisotopic (exact) mass is 437 g/mol. The highest BCUT2D eigenvalue weighted by Crippen LogP contribution is 2.34. The minimum Gasteiger partial charge on any atom is -0.343 e. The van der Waals surface area contributed by atoms with Gasteiger partial charge in [-0.3, -0.25) is 19.9 Å². The molecule has 0 aliphatic carbocycles. The van der Waals surface area contributed by atoms with Crippen molar-refractivity contribution in [1.82, 2.24) is 20.0 Å². The van der Waals surface area contributed by atoms with E-state index in [1.165, 1.54) is 17.0 Å². The summed E-state index contributed by atoms with van der Waals surface area (Å²) >= 11 is 0. The largest absolute Gasteiger partial charge is 0.343 e. The van der Waals surface area contributed by atoms with E-state index in [1.54, 1.807) is 24.1 Å². The van der Waals surface area contributed by atoms with E-state index < -0.39 is 12.2 Å². The van der Waals surface area contributed by atoms with Gasteiger partial charge in [-0.05, 0) is 42.2 Å². The number of nitrogens with one attached hydrogen (secondary N) is 1. The lowest BCUT2D eigenvalue weighted by molar-refractivity contribution is -0.138. The molecule has 0 spiro atoms. The van der Waals surface area contributed by atoms with Crippen LogP contribution in [0.3, 0.4) is 0 Å². The Morgan fingerprint density at radius 1 is 1.03 bits per heavy atom. The highest BCUT2D eigenvalue weighted by atomic mass is 19.1. The van der Waals surface area contributed by atoms with Gasteiger partial charge in [0.15, 0.2) is 0 Å². The van der Waals surface area contributed by atoms with Gasteiger partial charge in [0.05, 0.1) is 0 Å². The molecular weight excluding hydrogens is 409 g/mol. The summed E-state index contributed by atoms with van der Waals surface area (Å²) in [5.41, 5.74) is 1.98. The van der Waals surface area contributed by atoms with Crippen molar-refractivity contribution < 1.29 is 14.0 Å². The number of urea groups is 1. The molecule has 168 valence electrons. The maximum Gasteiger partial charge on any atom is 0.327 e. The molecule has 7 nitrogen and oxygen atoms in total. The van der Waals surface area contributed by atoms with E-state index in [-0.39, 0.29) is 24.0 Å². The average Bonchev–Trinajstić information content (AvgIpc) is 3.18. The van der Waals surface area contributed by atoms with Crippen molar-refractivity contribution in [2.24, 2.45) is 5.92 Å². The van der Waals surface area contributed by atoms with Crippen molar-refractivity contribution in [3.63, 3.8) is 0 Å². The Bertz CT molecular complexity index is 1000. The molecule has 3 aliphatic heterocycles. The van der Waals surface area contributed by atoms with E-state index in [4.69, 9.17) is 0 Å². The predicted molar refractivity (Wildman–Crippen MR) is 119 cm³/mol. The molecule has 8 heteroatoms. The van der Waals surface area contributed by atoms with E-state index in [2.05, 4.69) is 22.0 Å². The molecular formula is C24H28FN5O2. The number of carbonyl (C=O) groups is 2. The Kier molecular flexibility index (Phi) is 5.35. The first-order valence-electron chi connectivity index (χ1n) is 11.1. The first-order chi connectivity index (χ1) is 15.4. The number of halogens is 1. The van der Waals surface area contributed by atoms with Crippen molar-refractivity contribution in [2.45, 2.75) is 31.8 Å². The minimum atomic E-state index is -0.454. The van der Waals surface area contributed by atoms with E-state index in [0.29, 0.717) is 18.9 Å². The number of fused-ring (bicyclic) bond motifs is 3. The summed E-state index contributed by atoms with van der Waals surface area (Å²) in [6.07, 6.45) is -0.0143. The first kappa shape index (κ1) is 20.9. The van der Waals surface area contributed by atoms with Crippen LogP contribution >= 0.6 is 0 Å². The van der Waals surface area contributed by atoms with Gasteiger partial charge in [-0.1, -0.05) is 37.3 Å². The van der Waals surface area contributed by atoms with Gasteiger partial charge >= 0.3 is 6.03 Å². The lowest BCUT2D eigenvalue weighted by Crippen LogP contribution is -2.66. The van der Waals surface area contributed by atoms with Crippen LogP contribution in [0.1, 0.15) is 12.5 Å². The zero-order valence-electron chi connectivity index (χ0n) is 18.3. The number of rotatable bonds is 4. The molecule has 3 heterocycles. The van der Waals surface area contributed by atoms with Crippen LogP contribution in [0.4, 0.5) is 14.9 Å². The summed E-state index contributed by atoms with van der Waals surface area (Å²) in [5, 5.41) is 3.50. The summed E-state index contributed by atoms with van der Waals surface area (Å²) in [4.78, 5) is 34.0. The normalized spacial score (nSPS) is 28.2. The van der Waals surface area contributed by atoms with Gasteiger partial charge in [-0.25, -0.2) is 9.18 Å². The molecule has 4 atom stereocenters. The number of nitrogens with zero attached hydrogens (tertiary/aromatic N) is 4. The number of carbonyl (C=O) groups excluding carboxylic acids is 2. The number of hydrogen-bond acceptors (Lipinski definition) is 5. The van der Waals surface area contributed by atoms with Crippen LogP contribution in [0, 0.1) is 11.7 Å². The Hall–Kier alpha value is -2.97. The highest BCUT2D eigenvalue weighted by Gasteiger charge is 2.56. The standard InChI is InChI=1S/C24H28FN5O2/c1-16-14-29(19-10-8-18(25)9-11-19)23-26-21-20(30(23)15-16)22(31)28(24(32)27(21)2)13-12-17-6-4-3-5-7-17/h3-11,16,20-21,23,26H,12-15H2,1-2H3. The molecule has 2 aromatic carbocycles. The van der Waals surface area contributed by atoms with Gasteiger partial charge in [0.2, 0.25) is 0 Å². The second-order valence-corrected chi connectivity index (χ2v) is 8.98. The number of amides is 3. The SMILES string of the molecule is CC1CN(c2ccc(F)cc2)C2NC3C(C(=O)N(CCc4ccccc4)C(=O)N3C)N2C1. The van der Waals surface area contributed by atoms with Gasteiger partial charge in [-0.15, -0.1) is 0 Å². The molecule has 5 rings (SSSR count). The number of likely N-dealkylation sites (N-methyl/N-ethyl adjacent to an activating group) is 1. The molecule has 3 amide bonds. The molecule has 3 saturated heterocycles. The van der Waals surface area contributed by atoms with Crippen molar-refractivity contribution in [3.05, 3.63) is 66.0 Å². The first-order valence-corrected chi connectivity index (χ1v) is 11.1. The lowest BCUT2D eigenvalue weighted by Gasteiger charge is -2.46. The van der Waals surface area contributed by atoms with E-state index in [0.717, 1.165) is 24.3 Å². The van der Waals surface area contributed by atoms with Crippen LogP contribution in [-0.4, -0.2) is 71.8 Å². The Labute approximate surface area is 187 Å². The van der Waals surface area contributed by atoms with Crippen molar-refractivity contribution >= 4 is 17.6 Å². The summed E-state index contributed by atoms with van der Waals surface area (Å²) in [6, 6.07) is 15.6. The zero-order chi connectivity index (χ0) is 22.4. The summed E-state index contributed by atoms with van der Waals surface area (Å²) in [5.74, 6) is -0.124. The number of anilines is 1. The fourth-order valence-electron chi connectivity index (χ4n) is 5.14. The summed E-state index contributed by atoms with van der Waals surface area (Å²) in [7, 11) is 1.75. The third kappa shape index (κ3) is 3.53. The third-order valence-corrected chi connectivity index (χ3v) is 6.71. The van der Waals surface area contributed by atoms with Crippen molar-refractivity contribution in [3.8, 4) is 0 Å². The van der Waals surface area contributed by atoms with E-state index >= 15 is 0 Å². The topological polar surface area (TPSA) is 59.1 Å². The van der Waals surface area contributed by atoms with Crippen LogP contribution in [0.15, 0.2) is 54.6 Å². The Morgan fingerprint density at radius 3 is 2.47 bits per heavy atom. The molecule has 32 heavy (non-hydrogen) atoms. The molecule has 1 N–H and O–H groups in total. The van der Waals surface area contributed by atoms with Gasteiger partial charge in [0.25, 0.3) is 5.91 Å². The Balaban J connectivity index is 1.40. The van der Waals surface area contributed by atoms with Gasteiger partial charge in [-0.2, -0.15) is 0 Å². The van der Waals surface area contributed by atoms with Crippen LogP contribution in [0.2, 0.25) is 0 Å². The fourth-order valence-corrected chi connectivity index (χ4v) is 5.14. The van der Waals surface area contributed by atoms with E-state index in [9.17, 15) is 14.0 Å². The van der Waals surface area contributed by atoms with Crippen LogP contribution in [-0.2, 0) is 11.2 Å². The summed E-state index contributed by atoms with van der Waals surface area (Å²) in [6.45, 7) is 4.03. The van der Waals surface area contributed by atoms with Crippen LogP contribution in [0.5, 0.6) is 0 Å². The quantitative estimate of drug-likeness (QED) is 0.796. The second-order valence-electron chi connectivity index (χ2n) is 8.98. The molecule has 0 radical (unpaired) electrons. The fraction of sp³-hybridized carbons (Fsp3) is 0.417. The lowest BCUT2D eigenvalue weighted by atomic mass is 10.0. The van der Waals surface area contributed by atoms with Crippen LogP contribution in [0.25, 0.3) is 0 Å². The molecule has 0 aromatic heterocycles. The molecule has 2 aromatic rings. The molecule has 0 bridgehead atoms. The maximum atomic E-state index is 13.6. The average molecular weight is 438 g/mol. The van der Waals surface area contributed by atoms with Crippen molar-refractivity contribution in [1.29, 1.82) is 0 Å². The molecule has 3 aliphatic rings. The molecule has 4 unspecified atom stereocenters. The smallest absolute Gasteiger partial charge is 0.327 e. The van der Waals surface area contributed by atoms with E-state index in [1.807, 2.05) is 30.3 Å². The third-order valence-electron chi connectivity index (χ3n) is 6.71. The second kappa shape index (κ2) is 8.18. The van der Waals surface area contributed by atoms with Gasteiger partial charge in [0, 0.05) is 32.4 Å². The highest BCUT2D eigenvalue weighted by molar-refractivity contribution is 6.00. The van der Waals surface area contributed by atoms with Crippen molar-refractivity contribution in [2.75, 3.05) is 31.6 Å². The number of benzene rings is 2. The molecule has 0 saturated carbocycles. The molecule has 3 fully saturated rings.